The van der Waals surface area contributed by atoms with Crippen molar-refractivity contribution in [3.63, 3.8) is 0 Å². The summed E-state index contributed by atoms with van der Waals surface area (Å²) in [6, 6.07) is 0. The molecule has 1 heterocycles. The minimum atomic E-state index is 1.08. The smallest absolute Gasteiger partial charge is 0.0165 e. The first-order valence-electron chi connectivity index (χ1n) is 3.26. The van der Waals surface area contributed by atoms with E-state index in [9.17, 15) is 0 Å². The molecule has 0 aromatic carbocycles. The Kier molecular flexibility index (Phi) is 4.67. The van der Waals surface area contributed by atoms with Gasteiger partial charge in [0.05, 0.1) is 0 Å². The fraction of sp³-hybridized carbons (Fsp3) is 0.714. The lowest BCUT2D eigenvalue weighted by atomic mass is 10.3. The molecule has 1 aliphatic heterocycles. The van der Waals surface area contributed by atoms with Crippen molar-refractivity contribution in [2.45, 2.75) is 20.8 Å². The summed E-state index contributed by atoms with van der Waals surface area (Å²) in [7, 11) is 0. The molecule has 0 saturated carbocycles. The van der Waals surface area contributed by atoms with Crippen molar-refractivity contribution < 1.29 is 0 Å². The standard InChI is InChI=1S/C5H9N.C2H6/c1-5-2-3-6-4-5;1-2/h2,6H,3-4H2,1H3;1-2H3. The quantitative estimate of drug-likeness (QED) is 0.470. The summed E-state index contributed by atoms with van der Waals surface area (Å²) in [4.78, 5) is 0. The van der Waals surface area contributed by atoms with Crippen LogP contribution in [0.5, 0.6) is 0 Å². The van der Waals surface area contributed by atoms with Crippen LogP contribution in [0.25, 0.3) is 0 Å². The molecule has 8 heavy (non-hydrogen) atoms. The van der Waals surface area contributed by atoms with Gasteiger partial charge in [-0.15, -0.1) is 0 Å². The Bertz CT molecular complexity index is 74.5. The van der Waals surface area contributed by atoms with Crippen LogP contribution in [-0.2, 0) is 0 Å². The number of nitrogens with one attached hydrogen (secondary N) is 1. The zero-order valence-electron chi connectivity index (χ0n) is 5.99. The van der Waals surface area contributed by atoms with Crippen molar-refractivity contribution >= 4 is 0 Å². The Labute approximate surface area is 51.8 Å². The molecule has 0 aromatic heterocycles. The zero-order chi connectivity index (χ0) is 6.41. The van der Waals surface area contributed by atoms with E-state index in [2.05, 4.69) is 18.3 Å². The van der Waals surface area contributed by atoms with Gasteiger partial charge in [0.2, 0.25) is 0 Å². The molecule has 48 valence electrons. The fourth-order valence-corrected chi connectivity index (χ4v) is 0.588. The van der Waals surface area contributed by atoms with Gasteiger partial charge < -0.3 is 5.32 Å². The molecule has 0 aliphatic carbocycles. The highest BCUT2D eigenvalue weighted by atomic mass is 14.9. The van der Waals surface area contributed by atoms with Crippen molar-refractivity contribution in [2.75, 3.05) is 13.1 Å². The topological polar surface area (TPSA) is 12.0 Å². The second kappa shape index (κ2) is 4.85. The SMILES string of the molecule is CC.CC1=CCNC1. The maximum Gasteiger partial charge on any atom is 0.0165 e. The second-order valence-corrected chi connectivity index (χ2v) is 1.68. The van der Waals surface area contributed by atoms with Crippen molar-refractivity contribution in [3.8, 4) is 0 Å². The molecule has 1 aliphatic rings. The molecule has 1 rings (SSSR count). The van der Waals surface area contributed by atoms with Crippen molar-refractivity contribution in [2.24, 2.45) is 0 Å². The van der Waals surface area contributed by atoms with Crippen LogP contribution in [0.15, 0.2) is 11.6 Å². The highest BCUT2D eigenvalue weighted by Crippen LogP contribution is 1.92. The zero-order valence-corrected chi connectivity index (χ0v) is 5.99. The highest BCUT2D eigenvalue weighted by Gasteiger charge is 1.92. The summed E-state index contributed by atoms with van der Waals surface area (Å²) in [5, 5.41) is 3.18. The van der Waals surface area contributed by atoms with Crippen LogP contribution < -0.4 is 5.32 Å². The van der Waals surface area contributed by atoms with E-state index in [-0.39, 0.29) is 0 Å². The van der Waals surface area contributed by atoms with Crippen LogP contribution in [0, 0.1) is 0 Å². The van der Waals surface area contributed by atoms with Crippen molar-refractivity contribution in [1.29, 1.82) is 0 Å². The van der Waals surface area contributed by atoms with Crippen molar-refractivity contribution in [3.05, 3.63) is 11.6 Å². The number of hydrogen-bond acceptors (Lipinski definition) is 1. The van der Waals surface area contributed by atoms with E-state index in [4.69, 9.17) is 0 Å². The van der Waals surface area contributed by atoms with E-state index in [0.29, 0.717) is 0 Å². The largest absolute Gasteiger partial charge is 0.310 e. The van der Waals surface area contributed by atoms with Crippen LogP contribution >= 0.6 is 0 Å². The third-order valence-corrected chi connectivity index (χ3v) is 0.999. The van der Waals surface area contributed by atoms with Crippen LogP contribution in [-0.4, -0.2) is 13.1 Å². The molecule has 1 nitrogen and oxygen atoms in total. The van der Waals surface area contributed by atoms with Gasteiger partial charge in [0.15, 0.2) is 0 Å². The molecular formula is C7H15N. The molecule has 1 N–H and O–H groups in total. The Balaban J connectivity index is 0.000000222. The lowest BCUT2D eigenvalue weighted by Crippen LogP contribution is -2.06. The number of rotatable bonds is 0. The molecule has 0 aromatic rings. The minimum absolute atomic E-state index is 1.08. The molecule has 0 fully saturated rings. The Morgan fingerprint density at radius 1 is 1.50 bits per heavy atom. The molecule has 1 heteroatoms. The first kappa shape index (κ1) is 7.70. The molecule has 0 spiro atoms. The normalized spacial score (nSPS) is 16.6. The average molecular weight is 113 g/mol. The Morgan fingerprint density at radius 3 is 2.25 bits per heavy atom. The molecule has 0 saturated heterocycles. The van der Waals surface area contributed by atoms with Gasteiger partial charge in [-0.05, 0) is 6.92 Å². The van der Waals surface area contributed by atoms with Crippen LogP contribution in [0.4, 0.5) is 0 Å². The van der Waals surface area contributed by atoms with E-state index >= 15 is 0 Å². The highest BCUT2D eigenvalue weighted by molar-refractivity contribution is 5.06. The minimum Gasteiger partial charge on any atom is -0.310 e. The monoisotopic (exact) mass is 113 g/mol. The predicted octanol–water partition coefficient (Wildman–Crippen LogP) is 1.56. The lowest BCUT2D eigenvalue weighted by Gasteiger charge is -1.83. The van der Waals surface area contributed by atoms with Crippen LogP contribution in [0.2, 0.25) is 0 Å². The molecule has 0 bridgehead atoms. The van der Waals surface area contributed by atoms with E-state index in [1.54, 1.807) is 0 Å². The Hall–Kier alpha value is -0.300. The third kappa shape index (κ3) is 2.80. The molecule has 0 unspecified atom stereocenters. The maximum absolute atomic E-state index is 3.18. The second-order valence-electron chi connectivity index (χ2n) is 1.68. The van der Waals surface area contributed by atoms with E-state index in [1.807, 2.05) is 13.8 Å². The summed E-state index contributed by atoms with van der Waals surface area (Å²) < 4.78 is 0. The van der Waals surface area contributed by atoms with Gasteiger partial charge in [0.1, 0.15) is 0 Å². The molecule has 0 radical (unpaired) electrons. The van der Waals surface area contributed by atoms with E-state index in [1.165, 1.54) is 5.57 Å². The van der Waals surface area contributed by atoms with Crippen molar-refractivity contribution in [1.82, 2.24) is 5.32 Å². The maximum atomic E-state index is 3.18. The lowest BCUT2D eigenvalue weighted by molar-refractivity contribution is 0.875. The van der Waals surface area contributed by atoms with Gasteiger partial charge in [-0.25, -0.2) is 0 Å². The summed E-state index contributed by atoms with van der Waals surface area (Å²) in [5.41, 5.74) is 1.47. The summed E-state index contributed by atoms with van der Waals surface area (Å²) in [6.45, 7) is 8.31. The molecule has 0 atom stereocenters. The third-order valence-electron chi connectivity index (χ3n) is 0.999. The fourth-order valence-electron chi connectivity index (χ4n) is 0.588. The first-order chi connectivity index (χ1) is 3.89. The van der Waals surface area contributed by atoms with E-state index in [0.717, 1.165) is 13.1 Å². The van der Waals surface area contributed by atoms with Gasteiger partial charge in [-0.2, -0.15) is 0 Å². The van der Waals surface area contributed by atoms with Gasteiger partial charge in [-0.3, -0.25) is 0 Å². The first-order valence-corrected chi connectivity index (χ1v) is 3.26. The Morgan fingerprint density at radius 2 is 2.12 bits per heavy atom. The van der Waals surface area contributed by atoms with Gasteiger partial charge in [0.25, 0.3) is 0 Å². The average Bonchev–Trinajstić information content (AvgIpc) is 2.24. The summed E-state index contributed by atoms with van der Waals surface area (Å²) in [6.07, 6.45) is 2.21. The van der Waals surface area contributed by atoms with Crippen LogP contribution in [0.1, 0.15) is 20.8 Å². The van der Waals surface area contributed by atoms with Gasteiger partial charge >= 0.3 is 0 Å². The van der Waals surface area contributed by atoms with Gasteiger partial charge in [-0.1, -0.05) is 25.5 Å². The van der Waals surface area contributed by atoms with E-state index < -0.39 is 0 Å². The number of hydrogen-bond donors (Lipinski definition) is 1. The summed E-state index contributed by atoms with van der Waals surface area (Å²) in [5.74, 6) is 0. The molecular weight excluding hydrogens is 98.1 g/mol. The van der Waals surface area contributed by atoms with Gasteiger partial charge in [0, 0.05) is 13.1 Å². The summed E-state index contributed by atoms with van der Waals surface area (Å²) >= 11 is 0. The molecule has 0 amide bonds. The predicted molar refractivity (Wildman–Crippen MR) is 38.0 cm³/mol. The van der Waals surface area contributed by atoms with Crippen LogP contribution in [0.3, 0.4) is 0 Å².